The Morgan fingerprint density at radius 3 is 2.45 bits per heavy atom. The fourth-order valence-electron chi connectivity index (χ4n) is 3.34. The van der Waals surface area contributed by atoms with E-state index in [-0.39, 0.29) is 5.78 Å². The van der Waals surface area contributed by atoms with Crippen molar-refractivity contribution in [2.75, 3.05) is 6.54 Å². The highest BCUT2D eigenvalue weighted by atomic mass is 16.1. The van der Waals surface area contributed by atoms with E-state index >= 15 is 0 Å². The number of carbonyl (C=O) groups is 1. The molecule has 0 fully saturated rings. The predicted molar refractivity (Wildman–Crippen MR) is 80.9 cm³/mol. The second-order valence-electron chi connectivity index (χ2n) is 5.47. The lowest BCUT2D eigenvalue weighted by atomic mass is 9.65. The maximum Gasteiger partial charge on any atom is 0.173 e. The summed E-state index contributed by atoms with van der Waals surface area (Å²) in [4.78, 5) is 13.1. The summed E-state index contributed by atoms with van der Waals surface area (Å²) in [7, 11) is 0. The van der Waals surface area contributed by atoms with Crippen molar-refractivity contribution in [2.24, 2.45) is 5.73 Å². The number of Topliss-reactive ketones (excluding diaryl/α,β-unsaturated/α-hetero) is 1. The number of nitrogens with two attached hydrogens (primary N) is 1. The van der Waals surface area contributed by atoms with Crippen molar-refractivity contribution in [1.29, 1.82) is 0 Å². The first-order valence-corrected chi connectivity index (χ1v) is 7.16. The summed E-state index contributed by atoms with van der Waals surface area (Å²) in [5.41, 5.74) is 8.51. The van der Waals surface area contributed by atoms with Crippen LogP contribution in [-0.2, 0) is 11.8 Å². The number of fused-ring (bicyclic) bond motifs is 1. The van der Waals surface area contributed by atoms with Crippen molar-refractivity contribution in [2.45, 2.75) is 24.7 Å². The first-order chi connectivity index (χ1) is 9.78. The molecular weight excluding hydrogens is 246 g/mol. The summed E-state index contributed by atoms with van der Waals surface area (Å²) >= 11 is 0. The van der Waals surface area contributed by atoms with Crippen LogP contribution in [0.5, 0.6) is 0 Å². The van der Waals surface area contributed by atoms with E-state index in [1.807, 2.05) is 36.4 Å². The molecule has 102 valence electrons. The summed E-state index contributed by atoms with van der Waals surface area (Å²) in [5, 5.41) is 0. The lowest BCUT2D eigenvalue weighted by Crippen LogP contribution is -2.41. The molecule has 0 aromatic heterocycles. The molecule has 3 rings (SSSR count). The van der Waals surface area contributed by atoms with Crippen molar-refractivity contribution in [3.8, 4) is 0 Å². The van der Waals surface area contributed by atoms with Gasteiger partial charge in [-0.15, -0.1) is 0 Å². The Labute approximate surface area is 119 Å². The Bertz CT molecular complexity index is 620. The van der Waals surface area contributed by atoms with E-state index in [1.165, 1.54) is 5.56 Å². The molecule has 2 aromatic carbocycles. The maximum atomic E-state index is 13.1. The van der Waals surface area contributed by atoms with Gasteiger partial charge < -0.3 is 5.73 Å². The zero-order chi connectivity index (χ0) is 14.0. The number of rotatable bonds is 3. The van der Waals surface area contributed by atoms with Crippen molar-refractivity contribution < 1.29 is 4.79 Å². The average molecular weight is 265 g/mol. The molecule has 0 spiro atoms. The highest BCUT2D eigenvalue weighted by Gasteiger charge is 2.42. The minimum absolute atomic E-state index is 0.232. The third-order valence-corrected chi connectivity index (χ3v) is 4.42. The number of hydrogen-bond donors (Lipinski definition) is 1. The molecule has 0 amide bonds. The van der Waals surface area contributed by atoms with Gasteiger partial charge in [-0.05, 0) is 36.9 Å². The molecule has 1 atom stereocenters. The van der Waals surface area contributed by atoms with Gasteiger partial charge in [-0.25, -0.2) is 0 Å². The van der Waals surface area contributed by atoms with Crippen LogP contribution in [0.4, 0.5) is 0 Å². The largest absolute Gasteiger partial charge is 0.330 e. The van der Waals surface area contributed by atoms with Crippen LogP contribution in [0.3, 0.4) is 0 Å². The third kappa shape index (κ3) is 1.97. The quantitative estimate of drug-likeness (QED) is 0.926. The fourth-order valence-corrected chi connectivity index (χ4v) is 3.34. The highest BCUT2D eigenvalue weighted by Crippen LogP contribution is 2.40. The topological polar surface area (TPSA) is 43.1 Å². The summed E-state index contributed by atoms with van der Waals surface area (Å²) in [6.07, 6.45) is 2.51. The highest BCUT2D eigenvalue weighted by molar-refractivity contribution is 6.06. The normalized spacial score (nSPS) is 21.6. The number of hydrogen-bond acceptors (Lipinski definition) is 2. The van der Waals surface area contributed by atoms with Crippen LogP contribution in [0, 0.1) is 0 Å². The molecular formula is C18H19NO. The molecule has 20 heavy (non-hydrogen) atoms. The maximum absolute atomic E-state index is 13.1. The van der Waals surface area contributed by atoms with Gasteiger partial charge in [0.2, 0.25) is 0 Å². The minimum atomic E-state index is -0.440. The Hall–Kier alpha value is -1.93. The Morgan fingerprint density at radius 2 is 1.70 bits per heavy atom. The van der Waals surface area contributed by atoms with Gasteiger partial charge in [-0.3, -0.25) is 4.79 Å². The molecule has 2 aromatic rings. The van der Waals surface area contributed by atoms with Crippen LogP contribution in [0.2, 0.25) is 0 Å². The summed E-state index contributed by atoms with van der Waals surface area (Å²) in [6, 6.07) is 18.1. The molecule has 2 nitrogen and oxygen atoms in total. The van der Waals surface area contributed by atoms with Crippen LogP contribution in [0.1, 0.15) is 34.3 Å². The van der Waals surface area contributed by atoms with Gasteiger partial charge in [0, 0.05) is 5.56 Å². The van der Waals surface area contributed by atoms with E-state index in [9.17, 15) is 4.79 Å². The summed E-state index contributed by atoms with van der Waals surface area (Å²) < 4.78 is 0. The van der Waals surface area contributed by atoms with E-state index in [0.717, 1.165) is 24.0 Å². The molecule has 0 radical (unpaired) electrons. The standard InChI is InChI=1S/C18H19NO/c19-13-12-18(15-7-2-1-3-8-15)11-10-14-6-4-5-9-16(14)17(18)20/h1-9H,10-13,19H2. The van der Waals surface area contributed by atoms with E-state index < -0.39 is 5.41 Å². The van der Waals surface area contributed by atoms with E-state index in [1.54, 1.807) is 0 Å². The first-order valence-electron chi connectivity index (χ1n) is 7.16. The lowest BCUT2D eigenvalue weighted by Gasteiger charge is -2.37. The number of aryl methyl sites for hydroxylation is 1. The zero-order valence-corrected chi connectivity index (χ0v) is 11.5. The fraction of sp³-hybridized carbons (Fsp3) is 0.278. The van der Waals surface area contributed by atoms with Crippen molar-refractivity contribution in [3.63, 3.8) is 0 Å². The van der Waals surface area contributed by atoms with Crippen molar-refractivity contribution >= 4 is 5.78 Å². The van der Waals surface area contributed by atoms with Crippen LogP contribution in [0.15, 0.2) is 54.6 Å². The molecule has 2 heteroatoms. The first kappa shape index (κ1) is 13.1. The van der Waals surface area contributed by atoms with Crippen LogP contribution in [0.25, 0.3) is 0 Å². The second-order valence-corrected chi connectivity index (χ2v) is 5.47. The molecule has 2 N–H and O–H groups in total. The molecule has 0 bridgehead atoms. The lowest BCUT2D eigenvalue weighted by molar-refractivity contribution is 0.0851. The number of carbonyl (C=O) groups excluding carboxylic acids is 1. The van der Waals surface area contributed by atoms with Gasteiger partial charge >= 0.3 is 0 Å². The Kier molecular flexibility index (Phi) is 3.41. The molecule has 0 heterocycles. The minimum Gasteiger partial charge on any atom is -0.330 e. The van der Waals surface area contributed by atoms with E-state index in [4.69, 9.17) is 5.73 Å². The van der Waals surface area contributed by atoms with Gasteiger partial charge in [0.25, 0.3) is 0 Å². The molecule has 1 unspecified atom stereocenters. The zero-order valence-electron chi connectivity index (χ0n) is 11.5. The van der Waals surface area contributed by atoms with E-state index in [0.29, 0.717) is 13.0 Å². The van der Waals surface area contributed by atoms with Gasteiger partial charge in [-0.1, -0.05) is 54.6 Å². The van der Waals surface area contributed by atoms with Gasteiger partial charge in [0.15, 0.2) is 5.78 Å². The van der Waals surface area contributed by atoms with E-state index in [2.05, 4.69) is 18.2 Å². The smallest absolute Gasteiger partial charge is 0.173 e. The van der Waals surface area contributed by atoms with Crippen LogP contribution < -0.4 is 5.73 Å². The SMILES string of the molecule is NCCC1(c2ccccc2)CCc2ccccc2C1=O. The Morgan fingerprint density at radius 1 is 1.00 bits per heavy atom. The van der Waals surface area contributed by atoms with Gasteiger partial charge in [0.05, 0.1) is 5.41 Å². The third-order valence-electron chi connectivity index (χ3n) is 4.42. The molecule has 1 aliphatic rings. The molecule has 0 saturated heterocycles. The van der Waals surface area contributed by atoms with Crippen LogP contribution in [-0.4, -0.2) is 12.3 Å². The molecule has 0 saturated carbocycles. The van der Waals surface area contributed by atoms with Gasteiger partial charge in [-0.2, -0.15) is 0 Å². The average Bonchev–Trinajstić information content (AvgIpc) is 2.51. The number of ketones is 1. The number of benzene rings is 2. The van der Waals surface area contributed by atoms with Gasteiger partial charge in [0.1, 0.15) is 0 Å². The van der Waals surface area contributed by atoms with Crippen molar-refractivity contribution in [3.05, 3.63) is 71.3 Å². The summed E-state index contributed by atoms with van der Waals surface area (Å²) in [6.45, 7) is 0.531. The molecule has 1 aliphatic carbocycles. The summed E-state index contributed by atoms with van der Waals surface area (Å²) in [5.74, 6) is 0.232. The Balaban J connectivity index is 2.12. The molecule has 0 aliphatic heterocycles. The van der Waals surface area contributed by atoms with Crippen LogP contribution >= 0.6 is 0 Å². The predicted octanol–water partition coefficient (Wildman–Crippen LogP) is 3.10. The monoisotopic (exact) mass is 265 g/mol. The van der Waals surface area contributed by atoms with Crippen molar-refractivity contribution in [1.82, 2.24) is 0 Å². The second kappa shape index (κ2) is 5.22.